The zero-order valence-corrected chi connectivity index (χ0v) is 15.8. The molecule has 0 saturated heterocycles. The number of H-pyrrole nitrogens is 1. The van der Waals surface area contributed by atoms with E-state index in [1.807, 2.05) is 55.0 Å². The van der Waals surface area contributed by atoms with Crippen LogP contribution in [0.1, 0.15) is 17.9 Å². The van der Waals surface area contributed by atoms with Gasteiger partial charge in [-0.05, 0) is 41.8 Å². The Morgan fingerprint density at radius 2 is 1.97 bits per heavy atom. The van der Waals surface area contributed by atoms with Crippen LogP contribution < -0.4 is 10.5 Å². The number of para-hydroxylation sites is 1. The molecule has 1 aliphatic rings. The van der Waals surface area contributed by atoms with Gasteiger partial charge >= 0.3 is 0 Å². The van der Waals surface area contributed by atoms with Crippen molar-refractivity contribution in [2.45, 2.75) is 18.4 Å². The van der Waals surface area contributed by atoms with Gasteiger partial charge in [-0.15, -0.1) is 0 Å². The normalized spacial score (nSPS) is 16.1. The number of aliphatic imine (C=N–C) groups is 1. The highest BCUT2D eigenvalue weighted by atomic mass is 16.5. The number of ether oxygens (including phenoxy) is 1. The first-order valence-corrected chi connectivity index (χ1v) is 9.66. The van der Waals surface area contributed by atoms with Crippen LogP contribution in [0.25, 0.3) is 22.0 Å². The van der Waals surface area contributed by atoms with Crippen molar-refractivity contribution in [2.24, 2.45) is 10.7 Å². The quantitative estimate of drug-likeness (QED) is 0.522. The van der Waals surface area contributed by atoms with Crippen molar-refractivity contribution in [3.63, 3.8) is 0 Å². The molecule has 2 aromatic heterocycles. The molecule has 2 atom stereocenters. The molecular weight excluding hydrogens is 362 g/mol. The fourth-order valence-electron chi connectivity index (χ4n) is 3.73. The Morgan fingerprint density at radius 1 is 1.03 bits per heavy atom. The highest BCUT2D eigenvalue weighted by molar-refractivity contribution is 5.84. The molecule has 1 aliphatic heterocycles. The minimum absolute atomic E-state index is 0.0939. The number of rotatable bonds is 6. The molecule has 5 rings (SSSR count). The molecule has 6 nitrogen and oxygen atoms in total. The van der Waals surface area contributed by atoms with E-state index in [0.717, 1.165) is 34.1 Å². The third-order valence-corrected chi connectivity index (χ3v) is 5.24. The molecule has 29 heavy (non-hydrogen) atoms. The van der Waals surface area contributed by atoms with E-state index in [1.165, 1.54) is 5.56 Å². The molecule has 2 aromatic carbocycles. The average Bonchev–Trinajstić information content (AvgIpc) is 3.39. The second-order valence-corrected chi connectivity index (χ2v) is 7.33. The van der Waals surface area contributed by atoms with Crippen LogP contribution in [0.4, 0.5) is 5.69 Å². The summed E-state index contributed by atoms with van der Waals surface area (Å²) >= 11 is 0. The van der Waals surface area contributed by atoms with E-state index in [9.17, 15) is 0 Å². The van der Waals surface area contributed by atoms with Gasteiger partial charge in [0, 0.05) is 35.3 Å². The van der Waals surface area contributed by atoms with Crippen molar-refractivity contribution >= 4 is 22.8 Å². The summed E-state index contributed by atoms with van der Waals surface area (Å²) in [6, 6.07) is 16.2. The summed E-state index contributed by atoms with van der Waals surface area (Å²) in [5.41, 5.74) is 11.7. The minimum Gasteiger partial charge on any atom is -0.490 e. The summed E-state index contributed by atoms with van der Waals surface area (Å²) < 4.78 is 5.95. The summed E-state index contributed by atoms with van der Waals surface area (Å²) in [6.07, 6.45) is 8.15. The molecule has 144 valence electrons. The first kappa shape index (κ1) is 17.6. The number of nitrogens with two attached hydrogens (primary N) is 1. The number of aromatic nitrogens is 3. The summed E-state index contributed by atoms with van der Waals surface area (Å²) in [6.45, 7) is 0.429. The first-order chi connectivity index (χ1) is 14.3. The van der Waals surface area contributed by atoms with Crippen LogP contribution >= 0.6 is 0 Å². The van der Waals surface area contributed by atoms with Gasteiger partial charge in [0.2, 0.25) is 0 Å². The molecule has 0 saturated carbocycles. The van der Waals surface area contributed by atoms with E-state index in [4.69, 9.17) is 10.5 Å². The topological polar surface area (TPSA) is 89.2 Å². The summed E-state index contributed by atoms with van der Waals surface area (Å²) in [7, 11) is 0. The molecule has 0 fully saturated rings. The van der Waals surface area contributed by atoms with Crippen molar-refractivity contribution in [1.29, 1.82) is 0 Å². The summed E-state index contributed by atoms with van der Waals surface area (Å²) in [5, 5.41) is 8.10. The number of hydrogen-bond acceptors (Lipinski definition) is 5. The molecule has 4 aromatic rings. The number of nitrogens with one attached hydrogen (secondary N) is 1. The fourth-order valence-corrected chi connectivity index (χ4v) is 3.73. The highest BCUT2D eigenvalue weighted by Crippen LogP contribution is 2.34. The van der Waals surface area contributed by atoms with Crippen LogP contribution in [0.3, 0.4) is 0 Å². The second-order valence-electron chi connectivity index (χ2n) is 7.33. The molecule has 0 spiro atoms. The predicted molar refractivity (Wildman–Crippen MR) is 115 cm³/mol. The first-order valence-electron chi connectivity index (χ1n) is 9.66. The lowest BCUT2D eigenvalue weighted by atomic mass is 9.94. The van der Waals surface area contributed by atoms with E-state index < -0.39 is 0 Å². The molecular formula is C23H21N5O. The maximum atomic E-state index is 6.34. The zero-order chi connectivity index (χ0) is 19.6. The summed E-state index contributed by atoms with van der Waals surface area (Å²) in [5.74, 6) is 0.960. The van der Waals surface area contributed by atoms with Gasteiger partial charge in [-0.2, -0.15) is 5.10 Å². The van der Waals surface area contributed by atoms with Gasteiger partial charge in [0.05, 0.1) is 23.6 Å². The zero-order valence-electron chi connectivity index (χ0n) is 15.8. The van der Waals surface area contributed by atoms with E-state index in [1.54, 1.807) is 6.20 Å². The van der Waals surface area contributed by atoms with Crippen LogP contribution in [0.2, 0.25) is 0 Å². The van der Waals surface area contributed by atoms with Crippen LogP contribution in [-0.2, 0) is 0 Å². The van der Waals surface area contributed by atoms with Gasteiger partial charge in [-0.3, -0.25) is 15.1 Å². The van der Waals surface area contributed by atoms with Crippen LogP contribution in [-0.4, -0.2) is 34.0 Å². The van der Waals surface area contributed by atoms with Crippen LogP contribution in [0, 0.1) is 0 Å². The molecule has 3 N–H and O–H groups in total. The van der Waals surface area contributed by atoms with Crippen molar-refractivity contribution < 1.29 is 4.74 Å². The second kappa shape index (κ2) is 7.48. The molecule has 0 aliphatic carbocycles. The van der Waals surface area contributed by atoms with E-state index in [2.05, 4.69) is 32.3 Å². The van der Waals surface area contributed by atoms with Crippen LogP contribution in [0.5, 0.6) is 5.75 Å². The highest BCUT2D eigenvalue weighted by Gasteiger charge is 2.21. The van der Waals surface area contributed by atoms with Gasteiger partial charge in [0.15, 0.2) is 0 Å². The smallest absolute Gasteiger partial charge is 0.138 e. The Kier molecular flexibility index (Phi) is 4.54. The van der Waals surface area contributed by atoms with Gasteiger partial charge in [0.1, 0.15) is 12.4 Å². The Hall–Kier alpha value is -3.51. The number of hydrogen-bond donors (Lipinski definition) is 2. The lowest BCUT2D eigenvalue weighted by Gasteiger charge is -2.17. The number of nitrogens with zero attached hydrogens (tertiary/aromatic N) is 3. The molecule has 0 radical (unpaired) electrons. The maximum Gasteiger partial charge on any atom is 0.138 e. The van der Waals surface area contributed by atoms with Gasteiger partial charge < -0.3 is 10.5 Å². The minimum atomic E-state index is -0.0939. The average molecular weight is 383 g/mol. The molecule has 0 amide bonds. The third kappa shape index (κ3) is 3.62. The molecule has 1 unspecified atom stereocenters. The number of fused-ring (bicyclic) bond motifs is 2. The van der Waals surface area contributed by atoms with Crippen LogP contribution in [0.15, 0.2) is 72.1 Å². The maximum absolute atomic E-state index is 6.34. The lowest BCUT2D eigenvalue weighted by Crippen LogP contribution is -2.29. The van der Waals surface area contributed by atoms with Gasteiger partial charge in [-0.25, -0.2) is 0 Å². The number of aromatic amines is 1. The van der Waals surface area contributed by atoms with E-state index in [0.29, 0.717) is 12.4 Å². The van der Waals surface area contributed by atoms with E-state index in [-0.39, 0.29) is 12.0 Å². The SMILES string of the molecule is N[C@H](COc1cncc(-c2ccc3[nH]ncc3c2)c1)CC1C=Nc2ccccc21. The van der Waals surface area contributed by atoms with E-state index >= 15 is 0 Å². The number of benzene rings is 2. The standard InChI is InChI=1S/C23H21N5O/c24-19(8-17-11-26-23-4-2-1-3-21(17)23)14-29-20-9-16(10-25-13-20)15-5-6-22-18(7-15)12-27-28-22/h1-7,9-13,17,19H,8,14,24H2,(H,27,28)/t17?,19-/m0/s1. The van der Waals surface area contributed by atoms with Gasteiger partial charge in [-0.1, -0.05) is 24.3 Å². The Morgan fingerprint density at radius 3 is 2.93 bits per heavy atom. The Labute approximate surface area is 168 Å². The van der Waals surface area contributed by atoms with Crippen molar-refractivity contribution in [3.8, 4) is 16.9 Å². The largest absolute Gasteiger partial charge is 0.490 e. The predicted octanol–water partition coefficient (Wildman–Crippen LogP) is 4.22. The van der Waals surface area contributed by atoms with Crippen molar-refractivity contribution in [1.82, 2.24) is 15.2 Å². The van der Waals surface area contributed by atoms with Crippen molar-refractivity contribution in [2.75, 3.05) is 6.61 Å². The lowest BCUT2D eigenvalue weighted by molar-refractivity contribution is 0.280. The Bertz CT molecular complexity index is 1180. The molecule has 0 bridgehead atoms. The van der Waals surface area contributed by atoms with Gasteiger partial charge in [0.25, 0.3) is 0 Å². The monoisotopic (exact) mass is 383 g/mol. The molecule has 6 heteroatoms. The van der Waals surface area contributed by atoms with Crippen molar-refractivity contribution in [3.05, 3.63) is 72.7 Å². The summed E-state index contributed by atoms with van der Waals surface area (Å²) in [4.78, 5) is 8.81. The molecule has 3 heterocycles. The number of pyridine rings is 1. The third-order valence-electron chi connectivity index (χ3n) is 5.24. The Balaban J connectivity index is 1.24. The fraction of sp³-hybridized carbons (Fsp3) is 0.174.